The van der Waals surface area contributed by atoms with E-state index in [1.807, 2.05) is 86.6 Å². The Morgan fingerprint density at radius 2 is 0.889 bits per heavy atom. The van der Waals surface area contributed by atoms with Gasteiger partial charge in [-0.05, 0) is 105 Å². The number of rotatable bonds is 25. The first-order valence-corrected chi connectivity index (χ1v) is 32.7. The van der Waals surface area contributed by atoms with Gasteiger partial charge in [-0.1, -0.05) is 58.3 Å². The smallest absolute Gasteiger partial charge is 0.207 e. The van der Waals surface area contributed by atoms with Crippen LogP contribution in [-0.2, 0) is 41.4 Å². The molecule has 2 aromatic carbocycles. The third-order valence-corrected chi connectivity index (χ3v) is 18.3. The monoisotopic (exact) mass is 1280 g/mol. The number of hydrogen-bond acceptors (Lipinski definition) is 30. The van der Waals surface area contributed by atoms with Crippen molar-refractivity contribution in [1.29, 1.82) is 0 Å². The zero-order valence-corrected chi connectivity index (χ0v) is 53.2. The first-order chi connectivity index (χ1) is 44.1. The number of carbonyl (C=O) groups excluding carboxylic acids is 2. The number of benzene rings is 2. The van der Waals surface area contributed by atoms with Crippen molar-refractivity contribution in [2.45, 2.75) is 88.5 Å². The Morgan fingerprint density at radius 1 is 0.500 bits per heavy atom. The number of ether oxygens (including phenoxy) is 4. The number of carbonyl (C=O) groups is 2. The molecular weight excluding hydrogens is 1210 g/mol. The molecule has 0 amide bonds. The van der Waals surface area contributed by atoms with E-state index in [9.17, 15) is 9.59 Å². The summed E-state index contributed by atoms with van der Waals surface area (Å²) in [6, 6.07) is 28.5. The zero-order chi connectivity index (χ0) is 62.2. The van der Waals surface area contributed by atoms with Crippen LogP contribution in [0.25, 0.3) is 0 Å². The molecule has 0 bridgehead atoms. The Morgan fingerprint density at radius 3 is 1.23 bits per heavy atom. The van der Waals surface area contributed by atoms with E-state index in [1.165, 1.54) is 34.0 Å². The standard InChI is InChI=1S/2C25H31N7O3S.C10H13N7S/c2*1-3-35-24(17-6-4-7-19(12-17)32-15-20(16-32)34-2)21(33)13-23-29-30-25(36-23)27-18-9-11-31(14-18)22-8-5-10-26-28-22;11-9-15-16-10(18-9)13-7-3-5-17(6-7)8-2-1-4-12-14-8/h2*4-8,10,12,18,20,24H,3,9,11,13-16H2,1-2H3,(H,27,30);1-2,4,7H,3,5-6H2,(H2,11,15)(H,13,16)/t18-,24+;18-,24-;7-/m111/s1. The topological polar surface area (TPSA) is 304 Å². The predicted molar refractivity (Wildman–Crippen MR) is 348 cm³/mol. The van der Waals surface area contributed by atoms with E-state index < -0.39 is 12.2 Å². The molecular formula is C60H75N21O6S3. The van der Waals surface area contributed by atoms with E-state index in [0.29, 0.717) is 34.4 Å². The molecule has 5 atom stereocenters. The molecule has 0 aliphatic carbocycles. The van der Waals surface area contributed by atoms with Gasteiger partial charge in [-0.2, -0.15) is 15.3 Å². The number of nitrogens with two attached hydrogens (primary N) is 1. The molecule has 0 spiro atoms. The molecule has 90 heavy (non-hydrogen) atoms. The highest BCUT2D eigenvalue weighted by molar-refractivity contribution is 7.18. The van der Waals surface area contributed by atoms with Gasteiger partial charge >= 0.3 is 0 Å². The number of aromatic nitrogens is 12. The van der Waals surface area contributed by atoms with Crippen LogP contribution in [0, 0.1) is 0 Å². The van der Waals surface area contributed by atoms with Crippen molar-refractivity contribution in [3.8, 4) is 0 Å². The lowest BCUT2D eigenvalue weighted by molar-refractivity contribution is -0.130. The van der Waals surface area contributed by atoms with Crippen molar-refractivity contribution in [2.75, 3.05) is 139 Å². The molecule has 0 saturated carbocycles. The van der Waals surface area contributed by atoms with Crippen LogP contribution in [-0.4, -0.2) is 196 Å². The van der Waals surface area contributed by atoms with Crippen molar-refractivity contribution in [1.82, 2.24) is 61.2 Å². The number of ketones is 2. The number of nitrogens with zero attached hydrogens (tertiary/aromatic N) is 17. The highest BCUT2D eigenvalue weighted by Gasteiger charge is 2.32. The van der Waals surface area contributed by atoms with E-state index in [2.05, 4.69) is 114 Å². The largest absolute Gasteiger partial charge is 0.378 e. The Bertz CT molecular complexity index is 3350. The Hall–Kier alpha value is -8.26. The molecule has 11 heterocycles. The number of methoxy groups -OCH3 is 2. The number of hydrogen-bond donors (Lipinski definition) is 4. The predicted octanol–water partition coefficient (Wildman–Crippen LogP) is 6.09. The fourth-order valence-electron chi connectivity index (χ4n) is 11.2. The van der Waals surface area contributed by atoms with Gasteiger partial charge in [0.05, 0.1) is 25.0 Å². The molecule has 27 nitrogen and oxygen atoms in total. The van der Waals surface area contributed by atoms with Crippen molar-refractivity contribution in [3.63, 3.8) is 0 Å². The van der Waals surface area contributed by atoms with Gasteiger partial charge in [-0.3, -0.25) is 9.59 Å². The highest BCUT2D eigenvalue weighted by Crippen LogP contribution is 2.33. The van der Waals surface area contributed by atoms with E-state index in [0.717, 1.165) is 140 Å². The molecule has 0 radical (unpaired) electrons. The third-order valence-electron chi connectivity index (χ3n) is 15.9. The molecule has 5 fully saturated rings. The fourth-order valence-corrected chi connectivity index (χ4v) is 13.4. The minimum Gasteiger partial charge on any atom is -0.378 e. The van der Waals surface area contributed by atoms with Crippen molar-refractivity contribution in [3.05, 3.63) is 125 Å². The number of nitrogens with one attached hydrogen (secondary N) is 3. The molecule has 5 saturated heterocycles. The zero-order valence-electron chi connectivity index (χ0n) is 50.7. The second-order valence-corrected chi connectivity index (χ2v) is 25.2. The SMILES string of the molecule is CCO[C@@H](C(=O)Cc1nnc(N[C@@H]2CCN(c3cccnn3)C2)s1)c1cccc(N2CC(OC)C2)c1.CCO[C@H](C(=O)Cc1nnc(N[C@@H]2CCN(c3cccnn3)C2)s1)c1cccc(N2CC(OC)C2)c1.Nc1nnc(N[C@@H]2CCN(c3cccnn3)C2)s1. The molecule has 5 aliphatic rings. The summed E-state index contributed by atoms with van der Waals surface area (Å²) in [5.41, 5.74) is 9.42. The van der Waals surface area contributed by atoms with Crippen LogP contribution >= 0.6 is 34.0 Å². The summed E-state index contributed by atoms with van der Waals surface area (Å²) in [4.78, 5) is 37.6. The van der Waals surface area contributed by atoms with Gasteiger partial charge in [0.1, 0.15) is 22.2 Å². The molecule has 5 N–H and O–H groups in total. The third kappa shape index (κ3) is 16.8. The van der Waals surface area contributed by atoms with Crippen LogP contribution in [0.15, 0.2) is 104 Å². The second-order valence-electron chi connectivity index (χ2n) is 22.1. The summed E-state index contributed by atoms with van der Waals surface area (Å²) in [7, 11) is 3.47. The van der Waals surface area contributed by atoms with E-state index in [1.54, 1.807) is 32.8 Å². The summed E-state index contributed by atoms with van der Waals surface area (Å²) in [5, 5.41) is 63.5. The van der Waals surface area contributed by atoms with E-state index >= 15 is 0 Å². The van der Waals surface area contributed by atoms with Gasteiger partial charge in [0, 0.05) is 141 Å². The lowest BCUT2D eigenvalue weighted by Crippen LogP contribution is -2.51. The molecule has 5 aliphatic heterocycles. The van der Waals surface area contributed by atoms with Crippen molar-refractivity contribution < 1.29 is 28.5 Å². The first-order valence-electron chi connectivity index (χ1n) is 30.2. The number of nitrogen functional groups attached to an aromatic ring is 1. The first kappa shape index (κ1) is 63.3. The Balaban J connectivity index is 0.000000147. The van der Waals surface area contributed by atoms with E-state index in [-0.39, 0.29) is 48.7 Å². The Labute approximate surface area is 534 Å². The molecule has 0 unspecified atom stereocenters. The van der Waals surface area contributed by atoms with Gasteiger partial charge in [-0.25, -0.2) is 0 Å². The minimum absolute atomic E-state index is 0.0234. The summed E-state index contributed by atoms with van der Waals surface area (Å²) >= 11 is 4.21. The van der Waals surface area contributed by atoms with Gasteiger partial charge in [0.2, 0.25) is 20.5 Å². The maximum atomic E-state index is 13.3. The Kier molecular flexibility index (Phi) is 21.8. The maximum absolute atomic E-state index is 13.3. The van der Waals surface area contributed by atoms with Crippen LogP contribution in [0.2, 0.25) is 0 Å². The fraction of sp³-hybridized carbons (Fsp3) is 0.467. The summed E-state index contributed by atoms with van der Waals surface area (Å²) in [6.07, 6.45) is 7.62. The van der Waals surface area contributed by atoms with Gasteiger partial charge in [0.15, 0.2) is 29.0 Å². The summed E-state index contributed by atoms with van der Waals surface area (Å²) in [5.74, 6) is 2.63. The lowest BCUT2D eigenvalue weighted by atomic mass is 10.0. The van der Waals surface area contributed by atoms with Gasteiger partial charge in [0.25, 0.3) is 0 Å². The molecule has 8 aromatic rings. The van der Waals surface area contributed by atoms with Crippen LogP contribution in [0.4, 0.5) is 49.4 Å². The number of Topliss-reactive ketones (excluding diaryl/α,β-unsaturated/α-hetero) is 2. The van der Waals surface area contributed by atoms with Crippen LogP contribution in [0.3, 0.4) is 0 Å². The van der Waals surface area contributed by atoms with Crippen LogP contribution in [0.5, 0.6) is 0 Å². The molecule has 13 rings (SSSR count). The quantitative estimate of drug-likeness (QED) is 0.0503. The van der Waals surface area contributed by atoms with E-state index in [4.69, 9.17) is 24.7 Å². The minimum atomic E-state index is -0.634. The average Bonchev–Trinajstić information content (AvgIpc) is 2.71. The number of anilines is 9. The molecule has 30 heteroatoms. The van der Waals surface area contributed by atoms with Crippen LogP contribution < -0.4 is 46.2 Å². The second kappa shape index (κ2) is 31.0. The lowest BCUT2D eigenvalue weighted by Gasteiger charge is -2.40. The maximum Gasteiger partial charge on any atom is 0.207 e. The van der Waals surface area contributed by atoms with Gasteiger partial charge < -0.3 is 65.1 Å². The molecule has 474 valence electrons. The average molecular weight is 1280 g/mol. The summed E-state index contributed by atoms with van der Waals surface area (Å²) in [6.45, 7) is 13.4. The van der Waals surface area contributed by atoms with Crippen molar-refractivity contribution in [2.24, 2.45) is 0 Å². The summed E-state index contributed by atoms with van der Waals surface area (Å²) < 4.78 is 22.5. The highest BCUT2D eigenvalue weighted by atomic mass is 32.1. The molecule has 6 aromatic heterocycles. The van der Waals surface area contributed by atoms with Gasteiger partial charge in [-0.15, -0.1) is 45.9 Å². The normalized spacial score (nSPS) is 18.8. The van der Waals surface area contributed by atoms with Crippen LogP contribution in [0.1, 0.15) is 66.5 Å². The van der Waals surface area contributed by atoms with Crippen molar-refractivity contribution >= 4 is 94.9 Å².